The summed E-state index contributed by atoms with van der Waals surface area (Å²) < 4.78 is 0. The van der Waals surface area contributed by atoms with E-state index in [1.165, 1.54) is 10.4 Å². The van der Waals surface area contributed by atoms with Crippen LogP contribution < -0.4 is 4.90 Å². The van der Waals surface area contributed by atoms with Crippen LogP contribution in [0.4, 0.5) is 11.4 Å². The molecule has 0 radical (unpaired) electrons. The first-order valence-electron chi connectivity index (χ1n) is 6.32. The zero-order valence-electron chi connectivity index (χ0n) is 10.7. The van der Waals surface area contributed by atoms with Crippen LogP contribution >= 0.6 is 22.9 Å². The van der Waals surface area contributed by atoms with Crippen LogP contribution in [0.5, 0.6) is 0 Å². The molecule has 1 aromatic carbocycles. The Morgan fingerprint density at radius 1 is 1.40 bits per heavy atom. The average Bonchev–Trinajstić information content (AvgIpc) is 2.93. The maximum Gasteiger partial charge on any atom is 0.292 e. The fraction of sp³-hybridized carbons (Fsp3) is 0.286. The fourth-order valence-electron chi connectivity index (χ4n) is 2.52. The Morgan fingerprint density at radius 3 is 3.00 bits per heavy atom. The van der Waals surface area contributed by atoms with Gasteiger partial charge in [-0.2, -0.15) is 0 Å². The Kier molecular flexibility index (Phi) is 3.63. The molecule has 20 heavy (non-hydrogen) atoms. The zero-order chi connectivity index (χ0) is 14.1. The fourth-order valence-corrected chi connectivity index (χ4v) is 3.58. The molecule has 0 bridgehead atoms. The van der Waals surface area contributed by atoms with Gasteiger partial charge in [0.2, 0.25) is 0 Å². The number of anilines is 1. The van der Waals surface area contributed by atoms with Gasteiger partial charge in [-0.25, -0.2) is 0 Å². The van der Waals surface area contributed by atoms with Gasteiger partial charge in [0.15, 0.2) is 0 Å². The monoisotopic (exact) mass is 308 g/mol. The van der Waals surface area contributed by atoms with E-state index in [0.29, 0.717) is 5.69 Å². The number of rotatable bonds is 3. The summed E-state index contributed by atoms with van der Waals surface area (Å²) in [4.78, 5) is 14.4. The number of alkyl halides is 1. The topological polar surface area (TPSA) is 46.4 Å². The van der Waals surface area contributed by atoms with Gasteiger partial charge in [0.1, 0.15) is 5.69 Å². The second-order valence-electron chi connectivity index (χ2n) is 4.75. The Morgan fingerprint density at radius 2 is 2.25 bits per heavy atom. The van der Waals surface area contributed by atoms with Crippen LogP contribution in [-0.4, -0.2) is 11.5 Å². The van der Waals surface area contributed by atoms with Gasteiger partial charge < -0.3 is 4.90 Å². The molecular weight excluding hydrogens is 296 g/mol. The molecule has 1 aliphatic rings. The average molecular weight is 309 g/mol. The van der Waals surface area contributed by atoms with Crippen LogP contribution in [0.3, 0.4) is 0 Å². The van der Waals surface area contributed by atoms with E-state index in [-0.39, 0.29) is 16.5 Å². The van der Waals surface area contributed by atoms with E-state index < -0.39 is 0 Å². The molecule has 3 rings (SSSR count). The summed E-state index contributed by atoms with van der Waals surface area (Å²) in [7, 11) is 0. The number of thiophene rings is 1. The molecule has 1 aromatic heterocycles. The van der Waals surface area contributed by atoms with Crippen molar-refractivity contribution in [3.05, 3.63) is 55.8 Å². The van der Waals surface area contributed by atoms with Crippen molar-refractivity contribution in [2.24, 2.45) is 0 Å². The highest BCUT2D eigenvalue weighted by Crippen LogP contribution is 2.34. The molecule has 0 fully saturated rings. The molecule has 104 valence electrons. The zero-order valence-corrected chi connectivity index (χ0v) is 12.3. The number of nitro groups is 1. The van der Waals surface area contributed by atoms with Crippen molar-refractivity contribution in [1.82, 2.24) is 0 Å². The van der Waals surface area contributed by atoms with Crippen LogP contribution in [0.25, 0.3) is 0 Å². The first-order valence-corrected chi connectivity index (χ1v) is 7.74. The Hall–Kier alpha value is -1.59. The van der Waals surface area contributed by atoms with Crippen molar-refractivity contribution in [1.29, 1.82) is 0 Å². The van der Waals surface area contributed by atoms with E-state index in [1.807, 2.05) is 12.1 Å². The number of nitrogens with zero attached hydrogens (tertiary/aromatic N) is 2. The molecule has 2 heterocycles. The molecule has 0 atom stereocenters. The van der Waals surface area contributed by atoms with Gasteiger partial charge in [-0.3, -0.25) is 10.1 Å². The Balaban J connectivity index is 1.96. The molecular formula is C14H13ClN2O2S. The van der Waals surface area contributed by atoms with Crippen LogP contribution in [0.2, 0.25) is 0 Å². The van der Waals surface area contributed by atoms with E-state index >= 15 is 0 Å². The number of halogens is 1. The van der Waals surface area contributed by atoms with E-state index in [9.17, 15) is 10.1 Å². The van der Waals surface area contributed by atoms with Gasteiger partial charge in [0, 0.05) is 29.9 Å². The van der Waals surface area contributed by atoms with Crippen LogP contribution in [0.1, 0.15) is 16.0 Å². The summed E-state index contributed by atoms with van der Waals surface area (Å²) in [6.07, 6.45) is 0.946. The summed E-state index contributed by atoms with van der Waals surface area (Å²) in [6.45, 7) is 1.55. The minimum Gasteiger partial charge on any atom is -0.361 e. The maximum atomic E-state index is 11.3. The molecule has 4 nitrogen and oxygen atoms in total. The lowest BCUT2D eigenvalue weighted by atomic mass is 10.1. The molecule has 0 N–H and O–H groups in total. The first-order chi connectivity index (χ1) is 9.69. The lowest BCUT2D eigenvalue weighted by Gasteiger charge is -2.28. The summed E-state index contributed by atoms with van der Waals surface area (Å²) in [6, 6.07) is 7.35. The molecule has 0 spiro atoms. The summed E-state index contributed by atoms with van der Waals surface area (Å²) in [5, 5.41) is 13.3. The third-order valence-electron chi connectivity index (χ3n) is 3.54. The van der Waals surface area contributed by atoms with E-state index in [0.717, 1.165) is 25.1 Å². The minimum absolute atomic E-state index is 0.141. The molecule has 0 saturated carbocycles. The highest BCUT2D eigenvalue weighted by molar-refractivity contribution is 7.10. The SMILES string of the molecule is O=[N+]([O-])c1cc(CCl)ccc1N1CCc2sccc2C1. The van der Waals surface area contributed by atoms with Gasteiger partial charge >= 0.3 is 0 Å². The lowest BCUT2D eigenvalue weighted by molar-refractivity contribution is -0.384. The van der Waals surface area contributed by atoms with Crippen LogP contribution in [0.15, 0.2) is 29.6 Å². The van der Waals surface area contributed by atoms with Gasteiger partial charge in [-0.05, 0) is 35.1 Å². The van der Waals surface area contributed by atoms with Gasteiger partial charge in [0.25, 0.3) is 5.69 Å². The second-order valence-corrected chi connectivity index (χ2v) is 6.02. The highest BCUT2D eigenvalue weighted by atomic mass is 35.5. The molecule has 0 saturated heterocycles. The molecule has 0 aliphatic carbocycles. The molecule has 1 aliphatic heterocycles. The normalized spacial score (nSPS) is 14.2. The largest absolute Gasteiger partial charge is 0.361 e. The predicted molar refractivity (Wildman–Crippen MR) is 81.7 cm³/mol. The van der Waals surface area contributed by atoms with Crippen molar-refractivity contribution in [3.63, 3.8) is 0 Å². The molecule has 0 amide bonds. The quantitative estimate of drug-likeness (QED) is 0.490. The molecule has 2 aromatic rings. The number of hydrogen-bond acceptors (Lipinski definition) is 4. The smallest absolute Gasteiger partial charge is 0.292 e. The Labute approximate surface area is 125 Å². The van der Waals surface area contributed by atoms with E-state index in [1.54, 1.807) is 17.4 Å². The van der Waals surface area contributed by atoms with Gasteiger partial charge in [-0.15, -0.1) is 22.9 Å². The van der Waals surface area contributed by atoms with Crippen molar-refractivity contribution in [2.75, 3.05) is 11.4 Å². The van der Waals surface area contributed by atoms with E-state index in [4.69, 9.17) is 11.6 Å². The van der Waals surface area contributed by atoms with Gasteiger partial charge in [0.05, 0.1) is 4.92 Å². The van der Waals surface area contributed by atoms with Gasteiger partial charge in [-0.1, -0.05) is 6.07 Å². The predicted octanol–water partition coefficient (Wildman–Crippen LogP) is 3.96. The maximum absolute atomic E-state index is 11.3. The standard InChI is InChI=1S/C14H13ClN2O2S/c15-8-10-1-2-12(13(7-10)17(18)19)16-5-3-14-11(9-16)4-6-20-14/h1-2,4,6-7H,3,5,8-9H2. The highest BCUT2D eigenvalue weighted by Gasteiger charge is 2.24. The van der Waals surface area contributed by atoms with Crippen LogP contribution in [-0.2, 0) is 18.8 Å². The van der Waals surface area contributed by atoms with Crippen molar-refractivity contribution in [3.8, 4) is 0 Å². The van der Waals surface area contributed by atoms with E-state index in [2.05, 4.69) is 16.3 Å². The van der Waals surface area contributed by atoms with Crippen molar-refractivity contribution < 1.29 is 4.92 Å². The van der Waals surface area contributed by atoms with Crippen LogP contribution in [0, 0.1) is 10.1 Å². The number of hydrogen-bond donors (Lipinski definition) is 0. The first kappa shape index (κ1) is 13.4. The number of benzene rings is 1. The molecule has 0 unspecified atom stereocenters. The summed E-state index contributed by atoms with van der Waals surface area (Å²) in [5.74, 6) is 0.287. The summed E-state index contributed by atoms with van der Waals surface area (Å²) >= 11 is 7.52. The number of fused-ring (bicyclic) bond motifs is 1. The minimum atomic E-state index is -0.325. The molecule has 6 heteroatoms. The number of nitro benzene ring substituents is 1. The second kappa shape index (κ2) is 5.42. The third kappa shape index (κ3) is 2.39. The third-order valence-corrected chi connectivity index (χ3v) is 4.87. The van der Waals surface area contributed by atoms with Crippen molar-refractivity contribution in [2.45, 2.75) is 18.8 Å². The Bertz CT molecular complexity index is 656. The summed E-state index contributed by atoms with van der Waals surface area (Å²) in [5.41, 5.74) is 2.87. The lowest BCUT2D eigenvalue weighted by Crippen LogP contribution is -2.29. The van der Waals surface area contributed by atoms with Crippen molar-refractivity contribution >= 4 is 34.3 Å².